The Kier molecular flexibility index (Phi) is 6.49. The Hall–Kier alpha value is -4.28. The van der Waals surface area contributed by atoms with Crippen molar-refractivity contribution in [2.75, 3.05) is 5.73 Å². The molecule has 4 aromatic heterocycles. The molecule has 7 rings (SSSR count). The molecular formula is C29H30N8O2. The first-order valence-corrected chi connectivity index (χ1v) is 13.2. The number of hydrogen-bond donors (Lipinski definition) is 3. The fraction of sp³-hybridized carbons (Fsp3) is 0.310. The lowest BCUT2D eigenvalue weighted by atomic mass is 9.77. The van der Waals surface area contributed by atoms with Gasteiger partial charge in [-0.1, -0.05) is 47.7 Å². The van der Waals surface area contributed by atoms with E-state index in [2.05, 4.69) is 30.2 Å². The number of nitrogen functional groups attached to an aromatic ring is 1. The van der Waals surface area contributed by atoms with Crippen LogP contribution in [0.2, 0.25) is 0 Å². The summed E-state index contributed by atoms with van der Waals surface area (Å²) < 4.78 is 1.66. The Labute approximate surface area is 225 Å². The smallest absolute Gasteiger partial charge is 0.222 e. The highest BCUT2D eigenvalue weighted by Gasteiger charge is 2.38. The van der Waals surface area contributed by atoms with E-state index in [1.54, 1.807) is 10.9 Å². The molecule has 0 bridgehead atoms. The van der Waals surface area contributed by atoms with Gasteiger partial charge in [-0.2, -0.15) is 4.98 Å². The van der Waals surface area contributed by atoms with Crippen LogP contribution < -0.4 is 5.73 Å². The zero-order valence-electron chi connectivity index (χ0n) is 21.5. The predicted octanol–water partition coefficient (Wildman–Crippen LogP) is 3.74. The minimum atomic E-state index is -0.798. The van der Waals surface area contributed by atoms with Crippen LogP contribution in [0.5, 0.6) is 0 Å². The first-order valence-electron chi connectivity index (χ1n) is 13.2. The number of nitrogens with two attached hydrogens (primary N) is 1. The third-order valence-electron chi connectivity index (χ3n) is 7.53. The molecule has 2 aliphatic rings. The minimum Gasteiger partial charge on any atom is -0.384 e. The van der Waals surface area contributed by atoms with Gasteiger partial charge >= 0.3 is 0 Å². The zero-order valence-corrected chi connectivity index (χ0v) is 21.5. The molecule has 4 heterocycles. The summed E-state index contributed by atoms with van der Waals surface area (Å²) in [7, 11) is 0. The molecule has 198 valence electrons. The van der Waals surface area contributed by atoms with Crippen molar-refractivity contribution in [1.82, 2.24) is 34.9 Å². The van der Waals surface area contributed by atoms with Crippen LogP contribution in [-0.2, 0) is 17.7 Å². The topological polar surface area (TPSA) is 149 Å². The lowest BCUT2D eigenvalue weighted by Crippen LogP contribution is -2.34. The van der Waals surface area contributed by atoms with Crippen molar-refractivity contribution < 1.29 is 10.2 Å². The van der Waals surface area contributed by atoms with Crippen LogP contribution >= 0.6 is 0 Å². The number of aromatic nitrogens is 7. The summed E-state index contributed by atoms with van der Waals surface area (Å²) in [6, 6.07) is 21.1. The maximum atomic E-state index is 10.6. The van der Waals surface area contributed by atoms with Gasteiger partial charge in [0, 0.05) is 11.8 Å². The molecule has 2 fully saturated rings. The maximum Gasteiger partial charge on any atom is 0.222 e. The van der Waals surface area contributed by atoms with Gasteiger partial charge in [0.05, 0.1) is 23.6 Å². The second kappa shape index (κ2) is 10.1. The van der Waals surface area contributed by atoms with Crippen molar-refractivity contribution in [2.45, 2.75) is 56.3 Å². The zero-order chi connectivity index (χ0) is 26.9. The van der Waals surface area contributed by atoms with E-state index in [0.717, 1.165) is 55.5 Å². The number of aliphatic hydroxyl groups is 2. The van der Waals surface area contributed by atoms with Gasteiger partial charge in [0.25, 0.3) is 0 Å². The highest BCUT2D eigenvalue weighted by atomic mass is 16.3. The van der Waals surface area contributed by atoms with Crippen LogP contribution in [0.1, 0.15) is 55.6 Å². The number of anilines is 1. The van der Waals surface area contributed by atoms with E-state index >= 15 is 0 Å². The summed E-state index contributed by atoms with van der Waals surface area (Å²) in [5.41, 5.74) is 9.57. The second-order valence-electron chi connectivity index (χ2n) is 10.2. The van der Waals surface area contributed by atoms with Crippen LogP contribution in [0.15, 0.2) is 72.9 Å². The van der Waals surface area contributed by atoms with Crippen LogP contribution in [0.25, 0.3) is 22.4 Å². The normalized spacial score (nSPS) is 17.0. The number of rotatable bonds is 5. The molecule has 39 heavy (non-hydrogen) atoms. The number of benzene rings is 1. The Morgan fingerprint density at radius 2 is 1.46 bits per heavy atom. The summed E-state index contributed by atoms with van der Waals surface area (Å²) in [4.78, 5) is 17.5. The lowest BCUT2D eigenvalue weighted by Gasteiger charge is -2.36. The maximum absolute atomic E-state index is 10.6. The fourth-order valence-electron chi connectivity index (χ4n) is 4.93. The van der Waals surface area contributed by atoms with E-state index in [0.29, 0.717) is 29.1 Å². The van der Waals surface area contributed by atoms with Crippen molar-refractivity contribution >= 4 is 17.1 Å². The van der Waals surface area contributed by atoms with Gasteiger partial charge in [0.15, 0.2) is 11.2 Å². The molecule has 5 aromatic rings. The molecule has 1 aromatic carbocycles. The molecule has 10 heteroatoms. The Morgan fingerprint density at radius 1 is 0.769 bits per heavy atom. The van der Waals surface area contributed by atoms with Crippen molar-refractivity contribution in [3.63, 3.8) is 0 Å². The van der Waals surface area contributed by atoms with Crippen LogP contribution in [0.4, 0.5) is 5.95 Å². The van der Waals surface area contributed by atoms with E-state index < -0.39 is 11.2 Å². The molecule has 0 atom stereocenters. The minimum absolute atomic E-state index is 0.167. The first-order chi connectivity index (χ1) is 18.9. The summed E-state index contributed by atoms with van der Waals surface area (Å²) in [5, 5.41) is 28.9. The van der Waals surface area contributed by atoms with Crippen molar-refractivity contribution in [3.8, 4) is 11.3 Å². The molecule has 0 spiro atoms. The number of fused-ring (bicyclic) bond motifs is 1. The number of pyridine rings is 2. The predicted molar refractivity (Wildman–Crippen MR) is 146 cm³/mol. The fourth-order valence-corrected chi connectivity index (χ4v) is 4.93. The standard InChI is InChI=1S/C20H19N7O.C9H11NO/c21-19-23-16(13-6-2-1-3-7-13)17-18(24-19)27(26-25-17)12-14-8-4-9-15(22-14)20(28)10-5-11-20;11-9(5-3-6-9)8-4-1-2-7-10-8/h1-4,6-9,28H,5,10-12H2,(H2,21,23,24);1-2,4,7,11H,3,5-6H2. The van der Waals surface area contributed by atoms with E-state index in [9.17, 15) is 10.2 Å². The number of nitrogens with zero attached hydrogens (tertiary/aromatic N) is 7. The summed E-state index contributed by atoms with van der Waals surface area (Å²) >= 11 is 0. The average Bonchev–Trinajstić information content (AvgIpc) is 3.33. The highest BCUT2D eigenvalue weighted by molar-refractivity contribution is 5.87. The summed E-state index contributed by atoms with van der Waals surface area (Å²) in [6.07, 6.45) is 7.10. The summed E-state index contributed by atoms with van der Waals surface area (Å²) in [5.74, 6) is 0.167. The quantitative estimate of drug-likeness (QED) is 0.314. The van der Waals surface area contributed by atoms with E-state index in [1.165, 1.54) is 0 Å². The van der Waals surface area contributed by atoms with Crippen molar-refractivity contribution in [3.05, 3.63) is 90.0 Å². The molecule has 4 N–H and O–H groups in total. The number of hydrogen-bond acceptors (Lipinski definition) is 9. The van der Waals surface area contributed by atoms with E-state index in [-0.39, 0.29) is 5.95 Å². The monoisotopic (exact) mass is 522 g/mol. The summed E-state index contributed by atoms with van der Waals surface area (Å²) in [6.45, 7) is 0.380. The van der Waals surface area contributed by atoms with Gasteiger partial charge in [-0.15, -0.1) is 5.10 Å². The SMILES string of the molecule is Nc1nc(-c2ccccc2)c2nnn(Cc3cccc(C4(O)CCC4)n3)c2n1.OC1(c2ccccn2)CCC1. The average molecular weight is 523 g/mol. The van der Waals surface area contributed by atoms with Gasteiger partial charge in [-0.3, -0.25) is 9.97 Å². The third kappa shape index (κ3) is 4.96. The van der Waals surface area contributed by atoms with Crippen molar-refractivity contribution in [1.29, 1.82) is 0 Å². The first kappa shape index (κ1) is 25.0. The van der Waals surface area contributed by atoms with E-state index in [4.69, 9.17) is 5.73 Å². The highest BCUT2D eigenvalue weighted by Crippen LogP contribution is 2.40. The molecule has 0 unspecified atom stereocenters. The van der Waals surface area contributed by atoms with Gasteiger partial charge < -0.3 is 15.9 Å². The molecule has 2 aliphatic carbocycles. The molecule has 0 aliphatic heterocycles. The Balaban J connectivity index is 0.000000210. The molecule has 2 saturated carbocycles. The Bertz CT molecular complexity index is 1580. The molecule has 0 radical (unpaired) electrons. The molecule has 10 nitrogen and oxygen atoms in total. The largest absolute Gasteiger partial charge is 0.384 e. The van der Waals surface area contributed by atoms with Gasteiger partial charge in [-0.05, 0) is 62.8 Å². The molecule has 0 saturated heterocycles. The van der Waals surface area contributed by atoms with Crippen LogP contribution in [0, 0.1) is 0 Å². The van der Waals surface area contributed by atoms with Crippen LogP contribution in [-0.4, -0.2) is 45.1 Å². The van der Waals surface area contributed by atoms with Crippen molar-refractivity contribution in [2.24, 2.45) is 0 Å². The molecule has 0 amide bonds. The van der Waals surface area contributed by atoms with Gasteiger partial charge in [0.2, 0.25) is 5.95 Å². The van der Waals surface area contributed by atoms with Crippen LogP contribution in [0.3, 0.4) is 0 Å². The van der Waals surface area contributed by atoms with E-state index in [1.807, 2.05) is 66.7 Å². The lowest BCUT2D eigenvalue weighted by molar-refractivity contribution is -0.0430. The third-order valence-corrected chi connectivity index (χ3v) is 7.53. The Morgan fingerprint density at radius 3 is 2.13 bits per heavy atom. The van der Waals surface area contributed by atoms with Gasteiger partial charge in [0.1, 0.15) is 16.9 Å². The molecular weight excluding hydrogens is 492 g/mol. The van der Waals surface area contributed by atoms with Gasteiger partial charge in [-0.25, -0.2) is 9.67 Å². The second-order valence-corrected chi connectivity index (χ2v) is 10.2.